The molecular weight excluding hydrogens is 166 g/mol. The summed E-state index contributed by atoms with van der Waals surface area (Å²) in [7, 11) is 1.71. The highest BCUT2D eigenvalue weighted by Crippen LogP contribution is 2.19. The maximum Gasteiger partial charge on any atom is 0.245 e. The van der Waals surface area contributed by atoms with Crippen LogP contribution >= 0.6 is 0 Å². The Labute approximate surface area is 79.4 Å². The largest absolute Gasteiger partial charge is 0.385 e. The van der Waals surface area contributed by atoms with Gasteiger partial charge in [0, 0.05) is 26.8 Å². The molecule has 1 atom stereocenters. The molecule has 0 aromatic rings. The number of hydrogen-bond donors (Lipinski definition) is 0. The van der Waals surface area contributed by atoms with Gasteiger partial charge in [-0.15, -0.1) is 0 Å². The monoisotopic (exact) mass is 183 g/mol. The van der Waals surface area contributed by atoms with Gasteiger partial charge in [0.1, 0.15) is 0 Å². The number of methoxy groups -OCH3 is 1. The van der Waals surface area contributed by atoms with Gasteiger partial charge in [-0.05, 0) is 24.8 Å². The zero-order valence-electron chi connectivity index (χ0n) is 8.16. The molecule has 1 unspecified atom stereocenters. The number of nitrogens with zero attached hydrogens (tertiary/aromatic N) is 1. The van der Waals surface area contributed by atoms with Crippen LogP contribution in [0.25, 0.3) is 0 Å². The third-order valence-corrected chi connectivity index (χ3v) is 2.50. The molecule has 0 radical (unpaired) electrons. The lowest BCUT2D eigenvalue weighted by Crippen LogP contribution is -2.26. The van der Waals surface area contributed by atoms with Gasteiger partial charge in [-0.3, -0.25) is 4.79 Å². The van der Waals surface area contributed by atoms with Gasteiger partial charge in [0.25, 0.3) is 0 Å². The Morgan fingerprint density at radius 2 is 2.54 bits per heavy atom. The molecule has 1 aliphatic heterocycles. The van der Waals surface area contributed by atoms with Crippen LogP contribution in [0.15, 0.2) is 12.7 Å². The minimum Gasteiger partial charge on any atom is -0.385 e. The Balaban J connectivity index is 2.27. The summed E-state index contributed by atoms with van der Waals surface area (Å²) >= 11 is 0. The lowest BCUT2D eigenvalue weighted by molar-refractivity contribution is -0.125. The van der Waals surface area contributed by atoms with Gasteiger partial charge in [-0.2, -0.15) is 0 Å². The molecule has 3 nitrogen and oxygen atoms in total. The van der Waals surface area contributed by atoms with Crippen LogP contribution in [0.5, 0.6) is 0 Å². The Morgan fingerprint density at radius 3 is 3.15 bits per heavy atom. The molecule has 74 valence electrons. The molecule has 0 spiro atoms. The van der Waals surface area contributed by atoms with Crippen LogP contribution in [-0.2, 0) is 9.53 Å². The van der Waals surface area contributed by atoms with Gasteiger partial charge in [0.05, 0.1) is 0 Å². The van der Waals surface area contributed by atoms with Crippen molar-refractivity contribution in [1.29, 1.82) is 0 Å². The van der Waals surface area contributed by atoms with E-state index in [2.05, 4.69) is 6.58 Å². The van der Waals surface area contributed by atoms with Crippen molar-refractivity contribution >= 4 is 5.91 Å². The van der Waals surface area contributed by atoms with E-state index >= 15 is 0 Å². The van der Waals surface area contributed by atoms with Gasteiger partial charge in [-0.25, -0.2) is 0 Å². The summed E-state index contributed by atoms with van der Waals surface area (Å²) < 4.78 is 5.00. The number of ether oxygens (including phenoxy) is 1. The maximum absolute atomic E-state index is 11.2. The minimum atomic E-state index is 0.0555. The summed E-state index contributed by atoms with van der Waals surface area (Å²) in [5.41, 5.74) is 0. The predicted molar refractivity (Wildman–Crippen MR) is 51.4 cm³/mol. The van der Waals surface area contributed by atoms with E-state index in [-0.39, 0.29) is 5.91 Å². The van der Waals surface area contributed by atoms with Crippen LogP contribution in [0.2, 0.25) is 0 Å². The number of carbonyl (C=O) groups excluding carboxylic acids is 1. The lowest BCUT2D eigenvalue weighted by Gasteiger charge is -2.13. The van der Waals surface area contributed by atoms with Gasteiger partial charge in [0.15, 0.2) is 0 Å². The van der Waals surface area contributed by atoms with Crippen molar-refractivity contribution in [2.24, 2.45) is 5.92 Å². The van der Waals surface area contributed by atoms with Gasteiger partial charge in [-0.1, -0.05) is 6.58 Å². The first-order valence-corrected chi connectivity index (χ1v) is 4.68. The van der Waals surface area contributed by atoms with Crippen LogP contribution in [0, 0.1) is 5.92 Å². The average Bonchev–Trinajstić information content (AvgIpc) is 2.62. The SMILES string of the molecule is C=CC(=O)N1CCC(CCOC)C1. The van der Waals surface area contributed by atoms with Gasteiger partial charge >= 0.3 is 0 Å². The normalized spacial score (nSPS) is 21.9. The number of hydrogen-bond acceptors (Lipinski definition) is 2. The van der Waals surface area contributed by atoms with E-state index in [4.69, 9.17) is 4.74 Å². The Hall–Kier alpha value is -0.830. The third-order valence-electron chi connectivity index (χ3n) is 2.50. The molecule has 13 heavy (non-hydrogen) atoms. The van der Waals surface area contributed by atoms with Crippen LogP contribution in [0.3, 0.4) is 0 Å². The molecule has 0 aromatic carbocycles. The Bertz CT molecular complexity index is 191. The number of rotatable bonds is 4. The first-order chi connectivity index (χ1) is 6.27. The van der Waals surface area contributed by atoms with Crippen molar-refractivity contribution in [2.75, 3.05) is 26.8 Å². The van der Waals surface area contributed by atoms with Crippen LogP contribution < -0.4 is 0 Å². The topological polar surface area (TPSA) is 29.5 Å². The smallest absolute Gasteiger partial charge is 0.245 e. The van der Waals surface area contributed by atoms with Crippen molar-refractivity contribution in [3.63, 3.8) is 0 Å². The van der Waals surface area contributed by atoms with E-state index in [9.17, 15) is 4.79 Å². The second-order valence-electron chi connectivity index (χ2n) is 3.42. The van der Waals surface area contributed by atoms with Gasteiger partial charge < -0.3 is 9.64 Å². The molecule has 3 heteroatoms. The molecule has 0 N–H and O–H groups in total. The molecule has 0 aliphatic carbocycles. The standard InChI is InChI=1S/C10H17NO2/c1-3-10(12)11-6-4-9(8-11)5-7-13-2/h3,9H,1,4-8H2,2H3. The third kappa shape index (κ3) is 2.84. The molecule has 0 saturated carbocycles. The Morgan fingerprint density at radius 1 is 1.77 bits per heavy atom. The van der Waals surface area contributed by atoms with Crippen LogP contribution in [0.4, 0.5) is 0 Å². The van der Waals surface area contributed by atoms with Crippen molar-refractivity contribution < 1.29 is 9.53 Å². The fourth-order valence-corrected chi connectivity index (χ4v) is 1.68. The summed E-state index contributed by atoms with van der Waals surface area (Å²) in [4.78, 5) is 13.1. The zero-order chi connectivity index (χ0) is 9.68. The second kappa shape index (κ2) is 5.02. The number of likely N-dealkylation sites (tertiary alicyclic amines) is 1. The minimum absolute atomic E-state index is 0.0555. The highest BCUT2D eigenvalue weighted by Gasteiger charge is 2.24. The van der Waals surface area contributed by atoms with Gasteiger partial charge in [0.2, 0.25) is 5.91 Å². The van der Waals surface area contributed by atoms with E-state index in [1.165, 1.54) is 6.08 Å². The molecular formula is C10H17NO2. The fraction of sp³-hybridized carbons (Fsp3) is 0.700. The van der Waals surface area contributed by atoms with Crippen LogP contribution in [0.1, 0.15) is 12.8 Å². The van der Waals surface area contributed by atoms with Crippen molar-refractivity contribution in [3.8, 4) is 0 Å². The van der Waals surface area contributed by atoms with Crippen molar-refractivity contribution in [2.45, 2.75) is 12.8 Å². The molecule has 1 heterocycles. The Kier molecular flexibility index (Phi) is 3.96. The van der Waals surface area contributed by atoms with Crippen molar-refractivity contribution in [3.05, 3.63) is 12.7 Å². The summed E-state index contributed by atoms with van der Waals surface area (Å²) in [6, 6.07) is 0. The first kappa shape index (κ1) is 10.3. The zero-order valence-corrected chi connectivity index (χ0v) is 8.16. The number of amides is 1. The fourth-order valence-electron chi connectivity index (χ4n) is 1.68. The molecule has 1 saturated heterocycles. The summed E-state index contributed by atoms with van der Waals surface area (Å²) in [6.45, 7) is 6.01. The second-order valence-corrected chi connectivity index (χ2v) is 3.42. The summed E-state index contributed by atoms with van der Waals surface area (Å²) in [6.07, 6.45) is 3.54. The molecule has 1 fully saturated rings. The van der Waals surface area contributed by atoms with E-state index < -0.39 is 0 Å². The quantitative estimate of drug-likeness (QED) is 0.610. The average molecular weight is 183 g/mol. The van der Waals surface area contributed by atoms with E-state index in [0.717, 1.165) is 32.5 Å². The summed E-state index contributed by atoms with van der Waals surface area (Å²) in [5, 5.41) is 0. The van der Waals surface area contributed by atoms with E-state index in [1.807, 2.05) is 4.90 Å². The first-order valence-electron chi connectivity index (χ1n) is 4.68. The van der Waals surface area contributed by atoms with E-state index in [0.29, 0.717) is 5.92 Å². The molecule has 1 rings (SSSR count). The molecule has 0 aromatic heterocycles. The maximum atomic E-state index is 11.2. The highest BCUT2D eigenvalue weighted by atomic mass is 16.5. The van der Waals surface area contributed by atoms with Crippen molar-refractivity contribution in [1.82, 2.24) is 4.90 Å². The molecule has 1 aliphatic rings. The molecule has 0 bridgehead atoms. The van der Waals surface area contributed by atoms with E-state index in [1.54, 1.807) is 7.11 Å². The predicted octanol–water partition coefficient (Wildman–Crippen LogP) is 1.06. The summed E-state index contributed by atoms with van der Waals surface area (Å²) in [5.74, 6) is 0.670. The van der Waals surface area contributed by atoms with Crippen LogP contribution in [-0.4, -0.2) is 37.6 Å². The molecule has 1 amide bonds. The lowest BCUT2D eigenvalue weighted by atomic mass is 10.1. The number of carbonyl (C=O) groups is 1. The highest BCUT2D eigenvalue weighted by molar-refractivity contribution is 5.87.